The Hall–Kier alpha value is -0.760. The zero-order valence-electron chi connectivity index (χ0n) is 35.0. The van der Waals surface area contributed by atoms with Gasteiger partial charge in [0.2, 0.25) is 0 Å². The van der Waals surface area contributed by atoms with Crippen molar-refractivity contribution < 1.29 is 32.8 Å². The van der Waals surface area contributed by atoms with E-state index in [4.69, 9.17) is 24.3 Å². The number of hydrogen-bond donors (Lipinski definition) is 2. The van der Waals surface area contributed by atoms with Gasteiger partial charge in [0.1, 0.15) is 6.10 Å². The van der Waals surface area contributed by atoms with Crippen molar-refractivity contribution in [3.05, 3.63) is 12.2 Å². The number of hydrogen-bond acceptors (Lipinski definition) is 7. The monoisotopic (exact) mass is 774 g/mol. The number of rotatable bonds is 44. The summed E-state index contributed by atoms with van der Waals surface area (Å²) in [6.45, 7) is 4.93. The molecule has 0 aliphatic heterocycles. The van der Waals surface area contributed by atoms with Gasteiger partial charge < -0.3 is 20.1 Å². The Labute approximate surface area is 328 Å². The van der Waals surface area contributed by atoms with E-state index in [0.717, 1.165) is 44.9 Å². The third kappa shape index (κ3) is 42.2. The molecular formula is C44H88NO7P. The van der Waals surface area contributed by atoms with Crippen molar-refractivity contribution in [1.29, 1.82) is 0 Å². The lowest BCUT2D eigenvalue weighted by Gasteiger charge is -2.20. The molecule has 0 fully saturated rings. The van der Waals surface area contributed by atoms with E-state index in [2.05, 4.69) is 26.0 Å². The summed E-state index contributed by atoms with van der Waals surface area (Å²) in [6.07, 6.45) is 45.3. The Kier molecular flexibility index (Phi) is 41.8. The Morgan fingerprint density at radius 1 is 0.547 bits per heavy atom. The maximum atomic E-state index is 12.5. The number of esters is 1. The van der Waals surface area contributed by atoms with Crippen LogP contribution in [0.5, 0.6) is 0 Å². The van der Waals surface area contributed by atoms with Crippen LogP contribution in [0.25, 0.3) is 0 Å². The molecule has 0 aromatic rings. The second kappa shape index (κ2) is 42.4. The lowest BCUT2D eigenvalue weighted by atomic mass is 10.0. The average Bonchev–Trinajstić information content (AvgIpc) is 3.15. The summed E-state index contributed by atoms with van der Waals surface area (Å²) in [4.78, 5) is 22.4. The fraction of sp³-hybridized carbons (Fsp3) is 0.932. The summed E-state index contributed by atoms with van der Waals surface area (Å²) in [5.41, 5.74) is 5.37. The summed E-state index contributed by atoms with van der Waals surface area (Å²) in [5.74, 6) is -0.336. The molecule has 8 nitrogen and oxygen atoms in total. The highest BCUT2D eigenvalue weighted by atomic mass is 31.2. The van der Waals surface area contributed by atoms with Crippen LogP contribution < -0.4 is 5.73 Å². The predicted octanol–water partition coefficient (Wildman–Crippen LogP) is 13.5. The van der Waals surface area contributed by atoms with E-state index in [1.165, 1.54) is 161 Å². The number of ether oxygens (including phenoxy) is 2. The van der Waals surface area contributed by atoms with Gasteiger partial charge >= 0.3 is 13.8 Å². The van der Waals surface area contributed by atoms with Crippen molar-refractivity contribution in [3.8, 4) is 0 Å². The van der Waals surface area contributed by atoms with Crippen molar-refractivity contribution in [1.82, 2.24) is 0 Å². The molecule has 0 spiro atoms. The number of phosphoric ester groups is 1. The van der Waals surface area contributed by atoms with Crippen LogP contribution in [0.1, 0.15) is 226 Å². The van der Waals surface area contributed by atoms with Gasteiger partial charge in [-0.1, -0.05) is 193 Å². The third-order valence-corrected chi connectivity index (χ3v) is 10.9. The zero-order chi connectivity index (χ0) is 38.8. The molecule has 0 aromatic carbocycles. The van der Waals surface area contributed by atoms with Crippen LogP contribution in [0.2, 0.25) is 0 Å². The molecule has 53 heavy (non-hydrogen) atoms. The van der Waals surface area contributed by atoms with Crippen molar-refractivity contribution >= 4 is 13.8 Å². The molecule has 2 unspecified atom stereocenters. The fourth-order valence-electron chi connectivity index (χ4n) is 6.58. The molecule has 0 bridgehead atoms. The fourth-order valence-corrected chi connectivity index (χ4v) is 7.35. The van der Waals surface area contributed by atoms with Crippen LogP contribution in [-0.4, -0.2) is 49.9 Å². The van der Waals surface area contributed by atoms with E-state index in [9.17, 15) is 14.3 Å². The van der Waals surface area contributed by atoms with Gasteiger partial charge in [-0.25, -0.2) is 4.57 Å². The Morgan fingerprint density at radius 2 is 0.943 bits per heavy atom. The van der Waals surface area contributed by atoms with Gasteiger partial charge in [0.25, 0.3) is 0 Å². The summed E-state index contributed by atoms with van der Waals surface area (Å²) in [7, 11) is -4.27. The number of nitrogens with two attached hydrogens (primary N) is 1. The molecule has 9 heteroatoms. The average molecular weight is 774 g/mol. The van der Waals surface area contributed by atoms with Gasteiger partial charge in [0, 0.05) is 19.6 Å². The summed E-state index contributed by atoms with van der Waals surface area (Å²) < 4.78 is 33.4. The molecule has 0 saturated carbocycles. The molecule has 0 heterocycles. The lowest BCUT2D eigenvalue weighted by Crippen LogP contribution is -2.28. The standard InChI is InChI=1S/C44H88NO7P/c1-3-5-7-9-11-13-15-17-18-19-20-21-22-23-24-25-26-28-30-32-34-36-39-49-41-43(42-51-53(47,48)50-40-38-45)52-44(46)37-35-33-31-29-27-16-14-12-10-8-6-4-2/h12,14,43H,3-11,13,15-42,45H2,1-2H3,(H,47,48)/b14-12-. The van der Waals surface area contributed by atoms with E-state index in [-0.39, 0.29) is 32.3 Å². The molecule has 0 rings (SSSR count). The molecule has 3 N–H and O–H groups in total. The van der Waals surface area contributed by atoms with Crippen molar-refractivity contribution in [3.63, 3.8) is 0 Å². The normalized spacial score (nSPS) is 13.5. The number of allylic oxidation sites excluding steroid dienone is 2. The smallest absolute Gasteiger partial charge is 0.457 e. The van der Waals surface area contributed by atoms with E-state index in [0.29, 0.717) is 13.0 Å². The summed E-state index contributed by atoms with van der Waals surface area (Å²) in [6, 6.07) is 0. The van der Waals surface area contributed by atoms with Crippen LogP contribution in [0.15, 0.2) is 12.2 Å². The number of phosphoric acid groups is 1. The quantitative estimate of drug-likeness (QED) is 0.0272. The molecule has 0 saturated heterocycles. The van der Waals surface area contributed by atoms with E-state index in [1.807, 2.05) is 0 Å². The second-order valence-corrected chi connectivity index (χ2v) is 16.7. The van der Waals surface area contributed by atoms with Crippen LogP contribution in [0.3, 0.4) is 0 Å². The Morgan fingerprint density at radius 3 is 1.42 bits per heavy atom. The van der Waals surface area contributed by atoms with Crippen molar-refractivity contribution in [2.75, 3.05) is 33.0 Å². The molecule has 0 radical (unpaired) electrons. The minimum Gasteiger partial charge on any atom is -0.457 e. The van der Waals surface area contributed by atoms with Gasteiger partial charge in [0.15, 0.2) is 0 Å². The summed E-state index contributed by atoms with van der Waals surface area (Å²) >= 11 is 0. The third-order valence-electron chi connectivity index (χ3n) is 9.93. The first-order valence-corrected chi connectivity index (χ1v) is 24.2. The first-order valence-electron chi connectivity index (χ1n) is 22.7. The van der Waals surface area contributed by atoms with Crippen LogP contribution in [-0.2, 0) is 27.9 Å². The van der Waals surface area contributed by atoms with Crippen LogP contribution in [0.4, 0.5) is 0 Å². The number of unbranched alkanes of at least 4 members (excludes halogenated alkanes) is 29. The lowest BCUT2D eigenvalue weighted by molar-refractivity contribution is -0.154. The van der Waals surface area contributed by atoms with Crippen molar-refractivity contribution in [2.24, 2.45) is 5.73 Å². The molecule has 316 valence electrons. The highest BCUT2D eigenvalue weighted by molar-refractivity contribution is 7.47. The molecule has 0 aromatic heterocycles. The van der Waals surface area contributed by atoms with Gasteiger partial charge in [0.05, 0.1) is 19.8 Å². The largest absolute Gasteiger partial charge is 0.472 e. The SMILES string of the molecule is CCCCC/C=C\CCCCCCCC(=O)OC(COCCCCCCCCCCCCCCCCCCCCCCCC)COP(=O)(O)OCCN. The Balaban J connectivity index is 3.89. The van der Waals surface area contributed by atoms with Gasteiger partial charge in [-0.05, 0) is 38.5 Å². The number of carbonyl (C=O) groups excluding carboxylic acids is 1. The first kappa shape index (κ1) is 52.2. The van der Waals surface area contributed by atoms with Gasteiger partial charge in [-0.3, -0.25) is 13.8 Å². The molecule has 2 atom stereocenters. The molecular weight excluding hydrogens is 685 g/mol. The molecule has 0 aliphatic rings. The van der Waals surface area contributed by atoms with E-state index < -0.39 is 13.9 Å². The topological polar surface area (TPSA) is 117 Å². The first-order chi connectivity index (χ1) is 25.9. The van der Waals surface area contributed by atoms with E-state index >= 15 is 0 Å². The minimum atomic E-state index is -4.27. The second-order valence-electron chi connectivity index (χ2n) is 15.3. The van der Waals surface area contributed by atoms with E-state index in [1.54, 1.807) is 0 Å². The van der Waals surface area contributed by atoms with Gasteiger partial charge in [-0.2, -0.15) is 0 Å². The predicted molar refractivity (Wildman–Crippen MR) is 224 cm³/mol. The number of carbonyl (C=O) groups is 1. The molecule has 0 aliphatic carbocycles. The minimum absolute atomic E-state index is 0.0938. The highest BCUT2D eigenvalue weighted by Gasteiger charge is 2.25. The molecule has 0 amide bonds. The van der Waals surface area contributed by atoms with Gasteiger partial charge in [-0.15, -0.1) is 0 Å². The Bertz CT molecular complexity index is 828. The zero-order valence-corrected chi connectivity index (χ0v) is 35.9. The van der Waals surface area contributed by atoms with Crippen molar-refractivity contribution in [2.45, 2.75) is 232 Å². The maximum Gasteiger partial charge on any atom is 0.472 e. The van der Waals surface area contributed by atoms with Crippen LogP contribution >= 0.6 is 7.82 Å². The summed E-state index contributed by atoms with van der Waals surface area (Å²) in [5, 5.41) is 0. The highest BCUT2D eigenvalue weighted by Crippen LogP contribution is 2.43. The van der Waals surface area contributed by atoms with Crippen LogP contribution in [0, 0.1) is 0 Å². The maximum absolute atomic E-state index is 12.5.